The lowest BCUT2D eigenvalue weighted by Gasteiger charge is -2.17. The van der Waals surface area contributed by atoms with Crippen LogP contribution in [0.15, 0.2) is 155 Å². The van der Waals surface area contributed by atoms with Crippen molar-refractivity contribution >= 4 is 52.6 Å². The van der Waals surface area contributed by atoms with Crippen molar-refractivity contribution in [1.82, 2.24) is 14.7 Å². The number of anilines is 3. The summed E-state index contributed by atoms with van der Waals surface area (Å²) in [5.74, 6) is -1.27. The predicted molar refractivity (Wildman–Crippen MR) is 217 cm³/mol. The Bertz CT molecular complexity index is 2340. The fourth-order valence-electron chi connectivity index (χ4n) is 5.73. The van der Waals surface area contributed by atoms with E-state index in [1.165, 1.54) is 16.4 Å². The van der Waals surface area contributed by atoms with Crippen LogP contribution in [0, 0.1) is 6.92 Å². The lowest BCUT2D eigenvalue weighted by atomic mass is 10.1. The topological polar surface area (TPSA) is 117 Å². The summed E-state index contributed by atoms with van der Waals surface area (Å²) in [7, 11) is 5.67. The molecule has 10 nitrogen and oxygen atoms in total. The summed E-state index contributed by atoms with van der Waals surface area (Å²) in [6.07, 6.45) is 1.63. The molecule has 0 fully saturated rings. The van der Waals surface area contributed by atoms with Crippen molar-refractivity contribution in [2.45, 2.75) is 17.1 Å². The van der Waals surface area contributed by atoms with Gasteiger partial charge in [-0.3, -0.25) is 23.9 Å². The number of rotatable bonds is 12. The summed E-state index contributed by atoms with van der Waals surface area (Å²) in [5.41, 5.74) is 4.67. The van der Waals surface area contributed by atoms with Gasteiger partial charge >= 0.3 is 0 Å². The number of benzene rings is 5. The first-order valence-corrected chi connectivity index (χ1v) is 18.1. The largest absolute Gasteiger partial charge is 0.378 e. The summed E-state index contributed by atoms with van der Waals surface area (Å²) in [6, 6.07) is 42.0. The van der Waals surface area contributed by atoms with Crippen LogP contribution in [0.5, 0.6) is 0 Å². The molecule has 1 atom stereocenters. The molecule has 1 heterocycles. The summed E-state index contributed by atoms with van der Waals surface area (Å²) in [4.78, 5) is 57.0. The van der Waals surface area contributed by atoms with Gasteiger partial charge in [0.2, 0.25) is 5.91 Å². The zero-order chi connectivity index (χ0) is 38.2. The first kappa shape index (κ1) is 37.2. The zero-order valence-electron chi connectivity index (χ0n) is 30.3. The minimum absolute atomic E-state index is 0.0725. The Morgan fingerprint density at radius 3 is 1.94 bits per heavy atom. The molecule has 1 aromatic heterocycles. The van der Waals surface area contributed by atoms with Gasteiger partial charge in [-0.2, -0.15) is 0 Å². The minimum Gasteiger partial charge on any atom is -0.378 e. The highest BCUT2D eigenvalue weighted by Crippen LogP contribution is 2.37. The molecule has 5 aromatic carbocycles. The molecule has 0 saturated carbocycles. The second kappa shape index (κ2) is 16.8. The standard InChI is InChI=1S/C43H40N6O4S/c1-29-38(43(53)49(48(29)4)35-18-12-7-13-19-35)46-42(52)39(31-14-8-5-9-15-31)54-36-26-22-33(23-27-36)44-41(51)37(45-40(50)32-16-10-6-11-17-32)28-30-20-24-34(25-21-30)47(2)3/h5-28,39H,1-4H3,(H,44,51)(H,45,50)(H,46,52)/b37-28-. The molecule has 0 saturated heterocycles. The van der Waals surface area contributed by atoms with Crippen molar-refractivity contribution in [2.24, 2.45) is 7.05 Å². The van der Waals surface area contributed by atoms with E-state index in [0.29, 0.717) is 22.6 Å². The molecule has 54 heavy (non-hydrogen) atoms. The van der Waals surface area contributed by atoms with E-state index in [1.807, 2.05) is 122 Å². The van der Waals surface area contributed by atoms with Gasteiger partial charge in [0.05, 0.1) is 11.4 Å². The smallest absolute Gasteiger partial charge is 0.295 e. The first-order valence-electron chi connectivity index (χ1n) is 17.2. The molecule has 0 aliphatic carbocycles. The van der Waals surface area contributed by atoms with Gasteiger partial charge in [0.15, 0.2) is 0 Å². The van der Waals surface area contributed by atoms with Gasteiger partial charge in [-0.15, -0.1) is 11.8 Å². The van der Waals surface area contributed by atoms with Crippen LogP contribution in [0.2, 0.25) is 0 Å². The SMILES string of the molecule is Cc1c(NC(=O)C(Sc2ccc(NC(=O)/C(=C/c3ccc(N(C)C)cc3)NC(=O)c3ccccc3)cc2)c2ccccc2)c(=O)n(-c2ccccc2)n1C. The first-order chi connectivity index (χ1) is 26.1. The van der Waals surface area contributed by atoms with E-state index in [4.69, 9.17) is 0 Å². The van der Waals surface area contributed by atoms with E-state index in [1.54, 1.807) is 61.1 Å². The van der Waals surface area contributed by atoms with Crippen LogP contribution >= 0.6 is 11.8 Å². The minimum atomic E-state index is -0.697. The summed E-state index contributed by atoms with van der Waals surface area (Å²) >= 11 is 1.32. The molecule has 272 valence electrons. The second-order valence-electron chi connectivity index (χ2n) is 12.7. The zero-order valence-corrected chi connectivity index (χ0v) is 31.1. The third-order valence-corrected chi connectivity index (χ3v) is 10.0. The Kier molecular flexibility index (Phi) is 11.6. The van der Waals surface area contributed by atoms with Gasteiger partial charge in [0.25, 0.3) is 17.4 Å². The Hall–Kier alpha value is -6.59. The number of aromatic nitrogens is 2. The lowest BCUT2D eigenvalue weighted by molar-refractivity contribution is -0.116. The molecule has 0 aliphatic rings. The second-order valence-corrected chi connectivity index (χ2v) is 13.9. The average Bonchev–Trinajstić information content (AvgIpc) is 3.40. The Labute approximate surface area is 318 Å². The molecule has 1 unspecified atom stereocenters. The third-order valence-electron chi connectivity index (χ3n) is 8.76. The van der Waals surface area contributed by atoms with Gasteiger partial charge in [-0.1, -0.05) is 78.9 Å². The Balaban J connectivity index is 1.21. The quantitative estimate of drug-likeness (QED) is 0.0889. The number of hydrogen-bond donors (Lipinski definition) is 3. The van der Waals surface area contributed by atoms with E-state index in [9.17, 15) is 19.2 Å². The van der Waals surface area contributed by atoms with E-state index in [0.717, 1.165) is 21.7 Å². The van der Waals surface area contributed by atoms with Crippen LogP contribution < -0.4 is 26.4 Å². The highest BCUT2D eigenvalue weighted by molar-refractivity contribution is 8.00. The monoisotopic (exact) mass is 736 g/mol. The van der Waals surface area contributed by atoms with Crippen LogP contribution in [0.25, 0.3) is 11.8 Å². The number of carbonyl (C=O) groups is 3. The Morgan fingerprint density at radius 2 is 1.33 bits per heavy atom. The number of para-hydroxylation sites is 1. The van der Waals surface area contributed by atoms with Crippen molar-refractivity contribution < 1.29 is 14.4 Å². The Morgan fingerprint density at radius 1 is 0.741 bits per heavy atom. The van der Waals surface area contributed by atoms with Crippen molar-refractivity contribution in [2.75, 3.05) is 29.6 Å². The van der Waals surface area contributed by atoms with Crippen molar-refractivity contribution in [3.63, 3.8) is 0 Å². The van der Waals surface area contributed by atoms with Crippen molar-refractivity contribution in [1.29, 1.82) is 0 Å². The highest BCUT2D eigenvalue weighted by Gasteiger charge is 2.26. The molecular weight excluding hydrogens is 697 g/mol. The number of thioether (sulfide) groups is 1. The highest BCUT2D eigenvalue weighted by atomic mass is 32.2. The maximum atomic E-state index is 14.0. The van der Waals surface area contributed by atoms with Crippen molar-refractivity contribution in [3.8, 4) is 5.69 Å². The number of carbonyl (C=O) groups excluding carboxylic acids is 3. The van der Waals surface area contributed by atoms with Gasteiger partial charge in [0.1, 0.15) is 16.6 Å². The molecule has 3 amide bonds. The van der Waals surface area contributed by atoms with E-state index >= 15 is 0 Å². The summed E-state index contributed by atoms with van der Waals surface area (Å²) < 4.78 is 3.25. The van der Waals surface area contributed by atoms with Gasteiger partial charge in [0, 0.05) is 43.0 Å². The summed E-state index contributed by atoms with van der Waals surface area (Å²) in [5, 5.41) is 7.89. The molecular formula is C43H40N6O4S. The van der Waals surface area contributed by atoms with Crippen LogP contribution in [-0.2, 0) is 16.6 Å². The van der Waals surface area contributed by atoms with Gasteiger partial charge < -0.3 is 20.9 Å². The number of nitrogens with zero attached hydrogens (tertiary/aromatic N) is 3. The number of amides is 3. The van der Waals surface area contributed by atoms with Gasteiger partial charge in [-0.25, -0.2) is 4.68 Å². The average molecular weight is 737 g/mol. The fourth-order valence-corrected chi connectivity index (χ4v) is 6.76. The number of hydrogen-bond acceptors (Lipinski definition) is 6. The number of nitrogens with one attached hydrogen (secondary N) is 3. The van der Waals surface area contributed by atoms with Crippen LogP contribution in [0.4, 0.5) is 17.1 Å². The van der Waals surface area contributed by atoms with E-state index in [-0.39, 0.29) is 22.9 Å². The van der Waals surface area contributed by atoms with E-state index < -0.39 is 17.1 Å². The van der Waals surface area contributed by atoms with Crippen LogP contribution in [0.1, 0.15) is 32.4 Å². The molecule has 3 N–H and O–H groups in total. The fraction of sp³-hybridized carbons (Fsp3) is 0.116. The molecule has 0 aliphatic heterocycles. The molecule has 0 spiro atoms. The van der Waals surface area contributed by atoms with Crippen molar-refractivity contribution in [3.05, 3.63) is 178 Å². The third kappa shape index (κ3) is 8.71. The lowest BCUT2D eigenvalue weighted by Crippen LogP contribution is -2.30. The maximum Gasteiger partial charge on any atom is 0.295 e. The van der Waals surface area contributed by atoms with Gasteiger partial charge in [-0.05, 0) is 84.8 Å². The molecule has 6 rings (SSSR count). The molecule has 11 heteroatoms. The summed E-state index contributed by atoms with van der Waals surface area (Å²) in [6.45, 7) is 1.79. The predicted octanol–water partition coefficient (Wildman–Crippen LogP) is 7.43. The molecule has 0 bridgehead atoms. The van der Waals surface area contributed by atoms with Crippen LogP contribution in [0.3, 0.4) is 0 Å². The molecule has 6 aromatic rings. The maximum absolute atomic E-state index is 14.0. The molecule has 0 radical (unpaired) electrons. The normalized spacial score (nSPS) is 11.7. The van der Waals surface area contributed by atoms with E-state index in [2.05, 4.69) is 16.0 Å². The van der Waals surface area contributed by atoms with Crippen LogP contribution in [-0.4, -0.2) is 41.2 Å².